The molecule has 0 saturated carbocycles. The molecular formula is C80H146NO8P. The number of unbranched alkanes of at least 4 members (excludes halogenated alkanes) is 43. The number of ether oxygens (including phenoxy) is 2. The molecule has 90 heavy (non-hydrogen) atoms. The van der Waals surface area contributed by atoms with Crippen molar-refractivity contribution in [2.24, 2.45) is 0 Å². The number of likely N-dealkylation sites (N-methyl/N-ethyl adjacent to an activating group) is 1. The van der Waals surface area contributed by atoms with Gasteiger partial charge in [-0.05, 0) is 70.6 Å². The molecule has 0 aromatic heterocycles. The summed E-state index contributed by atoms with van der Waals surface area (Å²) in [6, 6.07) is 0. The van der Waals surface area contributed by atoms with Gasteiger partial charge in [0, 0.05) is 12.8 Å². The Balaban J connectivity index is 3.99. The number of carbonyl (C=O) groups is 2. The second-order valence-electron chi connectivity index (χ2n) is 27.0. The molecular weight excluding hydrogens is 1130 g/mol. The van der Waals surface area contributed by atoms with Gasteiger partial charge >= 0.3 is 11.9 Å². The number of quaternary nitrogens is 1. The number of phosphoric ester groups is 1. The molecule has 10 heteroatoms. The lowest BCUT2D eigenvalue weighted by Gasteiger charge is -2.28. The van der Waals surface area contributed by atoms with Crippen molar-refractivity contribution in [3.8, 4) is 0 Å². The summed E-state index contributed by atoms with van der Waals surface area (Å²) in [5.74, 6) is -0.820. The fraction of sp³-hybridized carbons (Fsp3) is 0.800. The third-order valence-corrected chi connectivity index (χ3v) is 17.9. The highest BCUT2D eigenvalue weighted by Gasteiger charge is 2.22. The number of carbonyl (C=O) groups excluding carboxylic acids is 2. The van der Waals surface area contributed by atoms with Crippen molar-refractivity contribution >= 4 is 19.8 Å². The van der Waals surface area contributed by atoms with E-state index in [9.17, 15) is 19.0 Å². The Labute approximate surface area is 558 Å². The Morgan fingerprint density at radius 1 is 0.356 bits per heavy atom. The highest BCUT2D eigenvalue weighted by Crippen LogP contribution is 2.38. The summed E-state index contributed by atoms with van der Waals surface area (Å²) in [5.41, 5.74) is 0. The van der Waals surface area contributed by atoms with Crippen LogP contribution < -0.4 is 4.89 Å². The molecule has 0 aromatic rings. The fourth-order valence-corrected chi connectivity index (χ4v) is 11.8. The Morgan fingerprint density at radius 3 is 0.944 bits per heavy atom. The average molecular weight is 1280 g/mol. The predicted octanol–water partition coefficient (Wildman–Crippen LogP) is 24.6. The first-order valence-electron chi connectivity index (χ1n) is 38.3. The number of allylic oxidation sites excluding steroid dienone is 14. The molecule has 0 aliphatic rings. The molecule has 0 fully saturated rings. The summed E-state index contributed by atoms with van der Waals surface area (Å²) in [4.78, 5) is 38.1. The monoisotopic (exact) mass is 1280 g/mol. The summed E-state index contributed by atoms with van der Waals surface area (Å²) in [5, 5.41) is 0. The summed E-state index contributed by atoms with van der Waals surface area (Å²) in [6.45, 7) is 4.18. The summed E-state index contributed by atoms with van der Waals surface area (Å²) in [6.07, 6.45) is 96.9. The molecule has 0 N–H and O–H groups in total. The van der Waals surface area contributed by atoms with Crippen molar-refractivity contribution in [2.75, 3.05) is 47.5 Å². The first-order chi connectivity index (χ1) is 44.0. The van der Waals surface area contributed by atoms with E-state index in [2.05, 4.69) is 98.9 Å². The van der Waals surface area contributed by atoms with E-state index in [4.69, 9.17) is 18.5 Å². The van der Waals surface area contributed by atoms with Crippen LogP contribution in [0.5, 0.6) is 0 Å². The van der Waals surface area contributed by atoms with E-state index in [1.54, 1.807) is 0 Å². The van der Waals surface area contributed by atoms with Gasteiger partial charge in [-0.2, -0.15) is 0 Å². The van der Waals surface area contributed by atoms with E-state index in [0.717, 1.165) is 83.5 Å². The summed E-state index contributed by atoms with van der Waals surface area (Å²) in [7, 11) is 1.18. The highest BCUT2D eigenvalue weighted by atomic mass is 31.2. The molecule has 0 rings (SSSR count). The largest absolute Gasteiger partial charge is 0.756 e. The fourth-order valence-electron chi connectivity index (χ4n) is 11.1. The van der Waals surface area contributed by atoms with Gasteiger partial charge in [-0.3, -0.25) is 14.2 Å². The van der Waals surface area contributed by atoms with Crippen molar-refractivity contribution in [1.29, 1.82) is 0 Å². The predicted molar refractivity (Wildman–Crippen MR) is 388 cm³/mol. The van der Waals surface area contributed by atoms with Crippen molar-refractivity contribution in [3.05, 3.63) is 85.1 Å². The average Bonchev–Trinajstić information content (AvgIpc) is 3.61. The van der Waals surface area contributed by atoms with Crippen molar-refractivity contribution in [1.82, 2.24) is 0 Å². The van der Waals surface area contributed by atoms with E-state index >= 15 is 0 Å². The number of hydrogen-bond acceptors (Lipinski definition) is 8. The van der Waals surface area contributed by atoms with E-state index < -0.39 is 26.5 Å². The standard InChI is InChI=1S/C80H146NO8P/c1-6-8-10-12-14-16-18-20-22-24-26-28-30-32-34-36-38-39-40-41-43-45-47-49-51-53-55-57-59-61-63-65-67-69-71-73-80(83)89-78(77-88-90(84,85)87-75-74-81(3,4)5)76-86-79(82)72-70-68-66-64-62-60-58-56-54-52-50-48-46-44-42-37-35-33-31-29-27-25-23-21-19-17-15-13-11-9-7-2/h8,10,14,16,20,22,26,28,32,34,38-39,41,43,78H,6-7,9,11-13,15,17-19,21,23-25,27,29-31,33,35-37,40,42,44-77H2,1-5H3/b10-8-,16-14-,22-20-,28-26-,34-32-,39-38-,43-41-. The Morgan fingerprint density at radius 2 is 0.633 bits per heavy atom. The SMILES string of the molecule is CC/C=C\C/C=C\C/C=C\C/C=C\C/C=C\C/C=C\C/C=C\CCCCCCCCCCCCCCCC(=O)OC(COC(=O)CCCCCCCCCCCCCCCCCCCCCCCCCCCCCCCCC)COP(=O)([O-])OCC[N+](C)(C)C. The second kappa shape index (κ2) is 70.5. The molecule has 9 nitrogen and oxygen atoms in total. The zero-order chi connectivity index (χ0) is 65.5. The molecule has 0 heterocycles. The van der Waals surface area contributed by atoms with Gasteiger partial charge in [0.1, 0.15) is 19.8 Å². The number of rotatable bonds is 71. The van der Waals surface area contributed by atoms with Crippen molar-refractivity contribution < 1.29 is 42.1 Å². The van der Waals surface area contributed by atoms with Crippen LogP contribution in [-0.4, -0.2) is 70.0 Å². The molecule has 2 unspecified atom stereocenters. The molecule has 0 amide bonds. The lowest BCUT2D eigenvalue weighted by atomic mass is 10.0. The lowest BCUT2D eigenvalue weighted by Crippen LogP contribution is -2.37. The van der Waals surface area contributed by atoms with Gasteiger partial charge in [-0.1, -0.05) is 362 Å². The second-order valence-corrected chi connectivity index (χ2v) is 28.4. The molecule has 0 aliphatic carbocycles. The molecule has 0 bridgehead atoms. The summed E-state index contributed by atoms with van der Waals surface area (Å²) >= 11 is 0. The smallest absolute Gasteiger partial charge is 0.306 e. The van der Waals surface area contributed by atoms with Gasteiger partial charge < -0.3 is 27.9 Å². The maximum Gasteiger partial charge on any atom is 0.306 e. The third-order valence-electron chi connectivity index (χ3n) is 16.9. The maximum absolute atomic E-state index is 12.9. The maximum atomic E-state index is 12.9. The van der Waals surface area contributed by atoms with E-state index in [1.165, 1.54) is 244 Å². The van der Waals surface area contributed by atoms with Crippen LogP contribution in [0.15, 0.2) is 85.1 Å². The van der Waals surface area contributed by atoms with Gasteiger partial charge in [-0.25, -0.2) is 0 Å². The van der Waals surface area contributed by atoms with Gasteiger partial charge in [-0.15, -0.1) is 0 Å². The van der Waals surface area contributed by atoms with Gasteiger partial charge in [0.05, 0.1) is 27.7 Å². The van der Waals surface area contributed by atoms with E-state index in [0.29, 0.717) is 17.4 Å². The van der Waals surface area contributed by atoms with Crippen LogP contribution in [0.4, 0.5) is 0 Å². The van der Waals surface area contributed by atoms with Gasteiger partial charge in [0.2, 0.25) is 0 Å². The van der Waals surface area contributed by atoms with Crippen LogP contribution in [0.25, 0.3) is 0 Å². The zero-order valence-electron chi connectivity index (χ0n) is 59.8. The first kappa shape index (κ1) is 87.2. The van der Waals surface area contributed by atoms with Crippen LogP contribution in [0, 0.1) is 0 Å². The van der Waals surface area contributed by atoms with Crippen LogP contribution in [-0.2, 0) is 32.7 Å². The Kier molecular flexibility index (Phi) is 68.3. The Bertz CT molecular complexity index is 1800. The number of nitrogens with zero attached hydrogens (tertiary/aromatic N) is 1. The minimum Gasteiger partial charge on any atom is -0.756 e. The number of phosphoric acid groups is 1. The molecule has 0 spiro atoms. The molecule has 524 valence electrons. The first-order valence-corrected chi connectivity index (χ1v) is 39.8. The van der Waals surface area contributed by atoms with Crippen LogP contribution >= 0.6 is 7.82 Å². The van der Waals surface area contributed by atoms with Gasteiger partial charge in [0.15, 0.2) is 6.10 Å². The molecule has 0 saturated heterocycles. The number of hydrogen-bond donors (Lipinski definition) is 0. The quantitative estimate of drug-likeness (QED) is 0.0195. The van der Waals surface area contributed by atoms with Crippen molar-refractivity contribution in [3.63, 3.8) is 0 Å². The molecule has 0 radical (unpaired) electrons. The van der Waals surface area contributed by atoms with Crippen molar-refractivity contribution in [2.45, 2.75) is 367 Å². The highest BCUT2D eigenvalue weighted by molar-refractivity contribution is 7.45. The van der Waals surface area contributed by atoms with Crippen LogP contribution in [0.3, 0.4) is 0 Å². The minimum absolute atomic E-state index is 0.0315. The summed E-state index contributed by atoms with van der Waals surface area (Å²) < 4.78 is 34.4. The zero-order valence-corrected chi connectivity index (χ0v) is 60.7. The van der Waals surface area contributed by atoms with E-state index in [-0.39, 0.29) is 32.0 Å². The molecule has 0 aliphatic heterocycles. The van der Waals surface area contributed by atoms with E-state index in [1.807, 2.05) is 21.1 Å². The Hall–Kier alpha value is -2.81. The third kappa shape index (κ3) is 74.2. The van der Waals surface area contributed by atoms with Gasteiger partial charge in [0.25, 0.3) is 7.82 Å². The minimum atomic E-state index is -4.65. The number of esters is 2. The lowest BCUT2D eigenvalue weighted by molar-refractivity contribution is -0.870. The van der Waals surface area contributed by atoms with Crippen LogP contribution in [0.1, 0.15) is 361 Å². The topological polar surface area (TPSA) is 111 Å². The molecule has 0 aromatic carbocycles. The van der Waals surface area contributed by atoms with Crippen LogP contribution in [0.2, 0.25) is 0 Å². The molecule has 2 atom stereocenters. The normalized spacial score (nSPS) is 13.5.